The van der Waals surface area contributed by atoms with Gasteiger partial charge in [-0.25, -0.2) is 12.7 Å². The second kappa shape index (κ2) is 7.04. The van der Waals surface area contributed by atoms with Crippen LogP contribution in [0.1, 0.15) is 30.1 Å². The fraction of sp³-hybridized carbons (Fsp3) is 0.533. The standard InChI is InChI=1S/C15H22N2O3S/c1-2-13-21(19,20)17-10-6-9-16(11-12-17)15(18)14-7-4-3-5-8-14/h3-5,7-8H,2,6,9-13H2,1H3. The summed E-state index contributed by atoms with van der Waals surface area (Å²) in [6.45, 7) is 3.81. The van der Waals surface area contributed by atoms with Crippen molar-refractivity contribution in [1.82, 2.24) is 9.21 Å². The van der Waals surface area contributed by atoms with Gasteiger partial charge in [0.05, 0.1) is 5.75 Å². The average Bonchev–Trinajstić information content (AvgIpc) is 2.74. The molecule has 0 atom stereocenters. The summed E-state index contributed by atoms with van der Waals surface area (Å²) < 4.78 is 25.7. The molecule has 1 heterocycles. The second-order valence-electron chi connectivity index (χ2n) is 5.23. The van der Waals surface area contributed by atoms with Crippen molar-refractivity contribution in [1.29, 1.82) is 0 Å². The Kier molecular flexibility index (Phi) is 5.36. The topological polar surface area (TPSA) is 57.7 Å². The first-order valence-corrected chi connectivity index (χ1v) is 8.97. The highest BCUT2D eigenvalue weighted by atomic mass is 32.2. The van der Waals surface area contributed by atoms with Crippen molar-refractivity contribution in [3.8, 4) is 0 Å². The normalized spacial score (nSPS) is 17.5. The number of nitrogens with zero attached hydrogens (tertiary/aromatic N) is 2. The zero-order valence-electron chi connectivity index (χ0n) is 12.4. The molecule has 1 aliphatic heterocycles. The Bertz CT molecular complexity index is 572. The van der Waals surface area contributed by atoms with Crippen molar-refractivity contribution in [3.05, 3.63) is 35.9 Å². The summed E-state index contributed by atoms with van der Waals surface area (Å²) in [5.74, 6) is 0.157. The first-order valence-electron chi connectivity index (χ1n) is 7.37. The summed E-state index contributed by atoms with van der Waals surface area (Å²) >= 11 is 0. The number of carbonyl (C=O) groups excluding carboxylic acids is 1. The second-order valence-corrected chi connectivity index (χ2v) is 7.32. The molecule has 5 nitrogen and oxygen atoms in total. The lowest BCUT2D eigenvalue weighted by Crippen LogP contribution is -2.38. The van der Waals surface area contributed by atoms with Gasteiger partial charge in [-0.3, -0.25) is 4.79 Å². The van der Waals surface area contributed by atoms with Crippen LogP contribution in [-0.4, -0.2) is 55.5 Å². The predicted octanol–water partition coefficient (Wildman–Crippen LogP) is 1.57. The zero-order valence-corrected chi connectivity index (χ0v) is 13.2. The van der Waals surface area contributed by atoms with Gasteiger partial charge in [0.25, 0.3) is 5.91 Å². The van der Waals surface area contributed by atoms with Crippen LogP contribution in [0.3, 0.4) is 0 Å². The van der Waals surface area contributed by atoms with E-state index < -0.39 is 10.0 Å². The zero-order chi connectivity index (χ0) is 15.3. The van der Waals surface area contributed by atoms with E-state index in [2.05, 4.69) is 0 Å². The Hall–Kier alpha value is -1.40. The van der Waals surface area contributed by atoms with Gasteiger partial charge in [-0.2, -0.15) is 0 Å². The Balaban J connectivity index is 2.03. The fourth-order valence-corrected chi connectivity index (χ4v) is 4.07. The molecule has 0 bridgehead atoms. The van der Waals surface area contributed by atoms with E-state index in [9.17, 15) is 13.2 Å². The van der Waals surface area contributed by atoms with E-state index in [4.69, 9.17) is 0 Å². The molecular weight excluding hydrogens is 288 g/mol. The minimum atomic E-state index is -3.18. The van der Waals surface area contributed by atoms with Gasteiger partial charge in [0.1, 0.15) is 0 Å². The molecule has 1 fully saturated rings. The molecule has 116 valence electrons. The van der Waals surface area contributed by atoms with Crippen molar-refractivity contribution in [2.75, 3.05) is 31.9 Å². The van der Waals surface area contributed by atoms with Crippen LogP contribution in [0.25, 0.3) is 0 Å². The van der Waals surface area contributed by atoms with Crippen LogP contribution in [0.4, 0.5) is 0 Å². The number of amides is 1. The van der Waals surface area contributed by atoms with E-state index in [-0.39, 0.29) is 11.7 Å². The Morgan fingerprint density at radius 2 is 1.81 bits per heavy atom. The molecular formula is C15H22N2O3S. The van der Waals surface area contributed by atoms with Gasteiger partial charge in [-0.05, 0) is 25.0 Å². The molecule has 6 heteroatoms. The molecule has 0 aromatic heterocycles. The van der Waals surface area contributed by atoms with Crippen molar-refractivity contribution >= 4 is 15.9 Å². The maximum Gasteiger partial charge on any atom is 0.253 e. The lowest BCUT2D eigenvalue weighted by molar-refractivity contribution is 0.0764. The summed E-state index contributed by atoms with van der Waals surface area (Å²) in [6, 6.07) is 9.13. The fourth-order valence-electron chi connectivity index (χ4n) is 2.53. The van der Waals surface area contributed by atoms with Crippen molar-refractivity contribution in [2.45, 2.75) is 19.8 Å². The van der Waals surface area contributed by atoms with E-state index >= 15 is 0 Å². The SMILES string of the molecule is CCCS(=O)(=O)N1CCCN(C(=O)c2ccccc2)CC1. The third-order valence-corrected chi connectivity index (χ3v) is 5.69. The molecule has 0 radical (unpaired) electrons. The summed E-state index contributed by atoms with van der Waals surface area (Å²) in [5, 5.41) is 0. The molecule has 1 amide bonds. The number of rotatable bonds is 4. The smallest absolute Gasteiger partial charge is 0.253 e. The van der Waals surface area contributed by atoms with Crippen molar-refractivity contribution < 1.29 is 13.2 Å². The van der Waals surface area contributed by atoms with Gasteiger partial charge in [0.2, 0.25) is 10.0 Å². The van der Waals surface area contributed by atoms with Crippen LogP contribution in [0.15, 0.2) is 30.3 Å². The Labute approximate surface area is 126 Å². The van der Waals surface area contributed by atoms with Crippen LogP contribution in [0.5, 0.6) is 0 Å². The summed E-state index contributed by atoms with van der Waals surface area (Å²) in [5.41, 5.74) is 0.655. The van der Waals surface area contributed by atoms with Crippen LogP contribution in [0.2, 0.25) is 0 Å². The Morgan fingerprint density at radius 1 is 1.10 bits per heavy atom. The third-order valence-electron chi connectivity index (χ3n) is 3.62. The largest absolute Gasteiger partial charge is 0.337 e. The molecule has 0 spiro atoms. The highest BCUT2D eigenvalue weighted by molar-refractivity contribution is 7.89. The minimum absolute atomic E-state index is 0.0228. The van der Waals surface area contributed by atoms with E-state index in [1.165, 1.54) is 4.31 Å². The van der Waals surface area contributed by atoms with E-state index in [0.29, 0.717) is 44.6 Å². The average molecular weight is 310 g/mol. The molecule has 0 saturated carbocycles. The maximum absolute atomic E-state index is 12.4. The van der Waals surface area contributed by atoms with E-state index in [1.807, 2.05) is 25.1 Å². The molecule has 0 unspecified atom stereocenters. The van der Waals surface area contributed by atoms with E-state index in [1.54, 1.807) is 17.0 Å². The molecule has 1 aromatic rings. The molecule has 21 heavy (non-hydrogen) atoms. The van der Waals surface area contributed by atoms with Gasteiger partial charge in [-0.15, -0.1) is 0 Å². The molecule has 1 aromatic carbocycles. The first kappa shape index (κ1) is 16.0. The summed E-state index contributed by atoms with van der Waals surface area (Å²) in [6.07, 6.45) is 1.30. The van der Waals surface area contributed by atoms with Crippen LogP contribution >= 0.6 is 0 Å². The number of hydrogen-bond acceptors (Lipinski definition) is 3. The summed E-state index contributed by atoms with van der Waals surface area (Å²) in [4.78, 5) is 14.1. The lowest BCUT2D eigenvalue weighted by atomic mass is 10.2. The maximum atomic E-state index is 12.4. The molecule has 1 aliphatic rings. The molecule has 1 saturated heterocycles. The van der Waals surface area contributed by atoms with E-state index in [0.717, 1.165) is 0 Å². The Morgan fingerprint density at radius 3 is 2.48 bits per heavy atom. The van der Waals surface area contributed by atoms with Gasteiger partial charge < -0.3 is 4.90 Å². The monoisotopic (exact) mass is 310 g/mol. The van der Waals surface area contributed by atoms with Crippen LogP contribution in [0, 0.1) is 0 Å². The van der Waals surface area contributed by atoms with Gasteiger partial charge in [0, 0.05) is 31.7 Å². The van der Waals surface area contributed by atoms with Gasteiger partial charge >= 0.3 is 0 Å². The molecule has 2 rings (SSSR count). The quantitative estimate of drug-likeness (QED) is 0.848. The minimum Gasteiger partial charge on any atom is -0.337 e. The number of carbonyl (C=O) groups is 1. The highest BCUT2D eigenvalue weighted by Gasteiger charge is 2.26. The number of benzene rings is 1. The predicted molar refractivity (Wildman–Crippen MR) is 82.6 cm³/mol. The van der Waals surface area contributed by atoms with Crippen molar-refractivity contribution in [3.63, 3.8) is 0 Å². The number of hydrogen-bond donors (Lipinski definition) is 0. The molecule has 0 aliphatic carbocycles. The van der Waals surface area contributed by atoms with Gasteiger partial charge in [-0.1, -0.05) is 25.1 Å². The van der Waals surface area contributed by atoms with Crippen LogP contribution < -0.4 is 0 Å². The third kappa shape index (κ3) is 4.04. The summed E-state index contributed by atoms with van der Waals surface area (Å²) in [7, 11) is -3.18. The lowest BCUT2D eigenvalue weighted by Gasteiger charge is -2.21. The molecule has 0 N–H and O–H groups in total. The van der Waals surface area contributed by atoms with Crippen molar-refractivity contribution in [2.24, 2.45) is 0 Å². The van der Waals surface area contributed by atoms with Crippen LogP contribution in [-0.2, 0) is 10.0 Å². The number of sulfonamides is 1. The highest BCUT2D eigenvalue weighted by Crippen LogP contribution is 2.12. The van der Waals surface area contributed by atoms with Gasteiger partial charge in [0.15, 0.2) is 0 Å². The first-order chi connectivity index (χ1) is 10.0.